The summed E-state index contributed by atoms with van der Waals surface area (Å²) in [5.74, 6) is -1.57. The minimum Gasteiger partial charge on any atom is -0.386 e. The lowest BCUT2D eigenvalue weighted by molar-refractivity contribution is -0.148. The van der Waals surface area contributed by atoms with E-state index in [9.17, 15) is 24.3 Å². The number of carbonyl (C=O) groups excluding carboxylic acids is 4. The summed E-state index contributed by atoms with van der Waals surface area (Å²) in [6.07, 6.45) is 0.148. The lowest BCUT2D eigenvalue weighted by Crippen LogP contribution is -2.59. The summed E-state index contributed by atoms with van der Waals surface area (Å²) in [5, 5.41) is 16.8. The molecular weight excluding hydrogens is 662 g/mol. The Hall–Kier alpha value is -3.06. The number of nitrogens with zero attached hydrogens (tertiary/aromatic N) is 3. The molecule has 4 amide bonds. The Morgan fingerprint density at radius 3 is 2.02 bits per heavy atom. The molecule has 12 nitrogen and oxygen atoms in total. The molecule has 0 aromatic heterocycles. The molecule has 0 saturated carbocycles. The molecule has 1 aromatic carbocycles. The Morgan fingerprint density at radius 2 is 1.52 bits per heavy atom. The second-order valence-electron chi connectivity index (χ2n) is 15.6. The number of hydrogen-bond acceptors (Lipinski definition) is 8. The van der Waals surface area contributed by atoms with Crippen molar-refractivity contribution >= 4 is 23.6 Å². The van der Waals surface area contributed by atoms with Crippen LogP contribution in [-0.2, 0) is 28.7 Å². The van der Waals surface area contributed by atoms with Crippen LogP contribution in [0.5, 0.6) is 0 Å². The first-order valence-corrected chi connectivity index (χ1v) is 19.0. The number of methoxy groups -OCH3 is 2. The maximum Gasteiger partial charge on any atom is 0.245 e. The van der Waals surface area contributed by atoms with E-state index in [4.69, 9.17) is 9.47 Å². The highest BCUT2D eigenvalue weighted by molar-refractivity contribution is 5.90. The Morgan fingerprint density at radius 1 is 0.904 bits per heavy atom. The predicted molar refractivity (Wildman–Crippen MR) is 204 cm³/mol. The molecule has 0 bridgehead atoms. The van der Waals surface area contributed by atoms with Crippen LogP contribution in [-0.4, -0.2) is 128 Å². The third kappa shape index (κ3) is 11.5. The second-order valence-corrected chi connectivity index (χ2v) is 15.6. The van der Waals surface area contributed by atoms with Gasteiger partial charge in [-0.1, -0.05) is 85.2 Å². The monoisotopic (exact) mass is 732 g/mol. The van der Waals surface area contributed by atoms with E-state index < -0.39 is 48.4 Å². The Balaban J connectivity index is 2.25. The number of hydrogen-bond donors (Lipinski definition) is 3. The van der Waals surface area contributed by atoms with Gasteiger partial charge in [-0.05, 0) is 57.2 Å². The van der Waals surface area contributed by atoms with Crippen LogP contribution in [0.3, 0.4) is 0 Å². The molecule has 3 N–H and O–H groups in total. The van der Waals surface area contributed by atoms with Gasteiger partial charge in [0.05, 0.1) is 54.8 Å². The number of aliphatic hydroxyl groups is 1. The van der Waals surface area contributed by atoms with Crippen LogP contribution in [0.2, 0.25) is 0 Å². The first-order chi connectivity index (χ1) is 24.4. The van der Waals surface area contributed by atoms with E-state index in [1.54, 1.807) is 44.9 Å². The Labute approximate surface area is 313 Å². The summed E-state index contributed by atoms with van der Waals surface area (Å²) in [6, 6.07) is 6.72. The first kappa shape index (κ1) is 45.1. The van der Waals surface area contributed by atoms with Crippen molar-refractivity contribution in [1.82, 2.24) is 25.3 Å². The van der Waals surface area contributed by atoms with E-state index in [1.165, 1.54) is 0 Å². The van der Waals surface area contributed by atoms with Crippen molar-refractivity contribution in [2.75, 3.05) is 41.9 Å². The van der Waals surface area contributed by atoms with E-state index in [2.05, 4.69) is 10.6 Å². The van der Waals surface area contributed by atoms with E-state index in [-0.39, 0.29) is 53.8 Å². The predicted octanol–water partition coefficient (Wildman–Crippen LogP) is 3.87. The quantitative estimate of drug-likeness (QED) is 0.184. The lowest BCUT2D eigenvalue weighted by Gasteiger charge is -2.41. The largest absolute Gasteiger partial charge is 0.386 e. The van der Waals surface area contributed by atoms with Crippen molar-refractivity contribution in [1.29, 1.82) is 0 Å². The molecule has 1 aliphatic rings. The molecule has 4 unspecified atom stereocenters. The van der Waals surface area contributed by atoms with Gasteiger partial charge in [-0.15, -0.1) is 0 Å². The van der Waals surface area contributed by atoms with Gasteiger partial charge >= 0.3 is 0 Å². The number of aliphatic hydroxyl groups excluding tert-OH is 1. The summed E-state index contributed by atoms with van der Waals surface area (Å²) in [6.45, 7) is 16.0. The summed E-state index contributed by atoms with van der Waals surface area (Å²) in [7, 11) is 8.57. The third-order valence-corrected chi connectivity index (χ3v) is 10.9. The molecule has 52 heavy (non-hydrogen) atoms. The molecule has 0 aliphatic carbocycles. The number of rotatable bonds is 20. The number of nitrogens with one attached hydrogen (secondary N) is 2. The molecule has 10 atom stereocenters. The zero-order valence-electron chi connectivity index (χ0n) is 34.1. The molecule has 1 fully saturated rings. The summed E-state index contributed by atoms with van der Waals surface area (Å²) >= 11 is 0. The van der Waals surface area contributed by atoms with Gasteiger partial charge in [0.25, 0.3) is 0 Å². The number of likely N-dealkylation sites (tertiary alicyclic amines) is 1. The fourth-order valence-corrected chi connectivity index (χ4v) is 7.78. The number of ether oxygens (including phenoxy) is 2. The highest BCUT2D eigenvalue weighted by atomic mass is 16.5. The Kier molecular flexibility index (Phi) is 18.2. The second kappa shape index (κ2) is 21.0. The fraction of sp³-hybridized carbons (Fsp3) is 0.750. The van der Waals surface area contributed by atoms with Crippen LogP contribution in [0.1, 0.15) is 92.7 Å². The SMILES string of the molecule is CC[C@H](C)C([C@@H](CC(=O)N1CCC[C@H]1[C@H](OC)[C@@H](C)C(=O)NC(C)C(O)c1ccccc1)OC)N(C)C(=O)[C@@H](NC(=O)C(C(C)C)N(C)C)C(C)C. The van der Waals surface area contributed by atoms with E-state index >= 15 is 0 Å². The smallest absolute Gasteiger partial charge is 0.245 e. The van der Waals surface area contributed by atoms with Crippen LogP contribution in [0.15, 0.2) is 30.3 Å². The van der Waals surface area contributed by atoms with Crippen LogP contribution in [0.25, 0.3) is 0 Å². The molecule has 1 heterocycles. The van der Waals surface area contributed by atoms with Crippen molar-refractivity contribution < 1.29 is 33.8 Å². The van der Waals surface area contributed by atoms with Gasteiger partial charge in [-0.3, -0.25) is 24.1 Å². The molecule has 0 radical (unpaired) electrons. The van der Waals surface area contributed by atoms with Crippen LogP contribution < -0.4 is 10.6 Å². The molecule has 1 aliphatic heterocycles. The summed E-state index contributed by atoms with van der Waals surface area (Å²) in [4.78, 5) is 60.6. The molecule has 1 saturated heterocycles. The zero-order chi connectivity index (χ0) is 39.4. The third-order valence-electron chi connectivity index (χ3n) is 10.9. The standard InChI is InChI=1S/C40H69N5O7/c1-14-26(6)35(44(11)40(50)33(24(2)3)42-39(49)34(25(4)5)43(9)10)31(51-12)23-32(46)45-22-18-21-30(45)37(52-13)27(7)38(48)41-28(8)36(47)29-19-16-15-17-20-29/h15-17,19-20,24-28,30-31,33-37,47H,14,18,21-23H2,1-13H3,(H,41,48)(H,42,49)/t26-,27+,28?,30-,31+,33-,34?,35?,36?,37+/m0/s1. The minimum atomic E-state index is -0.876. The van der Waals surface area contributed by atoms with Crippen molar-refractivity contribution in [3.05, 3.63) is 35.9 Å². The summed E-state index contributed by atoms with van der Waals surface area (Å²) < 4.78 is 11.9. The highest BCUT2D eigenvalue weighted by Gasteiger charge is 2.43. The van der Waals surface area contributed by atoms with Gasteiger partial charge in [-0.2, -0.15) is 0 Å². The average Bonchev–Trinajstić information content (AvgIpc) is 3.59. The average molecular weight is 732 g/mol. The van der Waals surface area contributed by atoms with Gasteiger partial charge in [0, 0.05) is 27.8 Å². The minimum absolute atomic E-state index is 0.0153. The van der Waals surface area contributed by atoms with Gasteiger partial charge in [0.15, 0.2) is 0 Å². The van der Waals surface area contributed by atoms with Gasteiger partial charge in [0.1, 0.15) is 6.04 Å². The van der Waals surface area contributed by atoms with Gasteiger partial charge in [-0.25, -0.2) is 0 Å². The molecule has 296 valence electrons. The lowest BCUT2D eigenvalue weighted by atomic mass is 9.89. The molecule has 1 aromatic rings. The molecule has 12 heteroatoms. The maximum atomic E-state index is 14.2. The van der Waals surface area contributed by atoms with Gasteiger partial charge < -0.3 is 35.0 Å². The van der Waals surface area contributed by atoms with Crippen molar-refractivity contribution in [3.63, 3.8) is 0 Å². The normalized spacial score (nSPS) is 20.1. The first-order valence-electron chi connectivity index (χ1n) is 19.0. The number of benzene rings is 1. The fourth-order valence-electron chi connectivity index (χ4n) is 7.78. The van der Waals surface area contributed by atoms with Crippen LogP contribution >= 0.6 is 0 Å². The Bertz CT molecular complexity index is 1270. The number of likely N-dealkylation sites (N-methyl/N-ethyl adjacent to an activating group) is 2. The van der Waals surface area contributed by atoms with Crippen molar-refractivity contribution in [2.45, 2.75) is 130 Å². The number of carbonyl (C=O) groups is 4. The number of amides is 4. The van der Waals surface area contributed by atoms with E-state index in [1.807, 2.05) is 90.9 Å². The zero-order valence-corrected chi connectivity index (χ0v) is 34.1. The van der Waals surface area contributed by atoms with Gasteiger partial charge in [0.2, 0.25) is 23.6 Å². The molecular formula is C40H69N5O7. The van der Waals surface area contributed by atoms with Crippen LogP contribution in [0, 0.1) is 23.7 Å². The summed E-state index contributed by atoms with van der Waals surface area (Å²) in [5.41, 5.74) is 0.711. The molecule has 0 spiro atoms. The van der Waals surface area contributed by atoms with E-state index in [0.29, 0.717) is 18.5 Å². The highest BCUT2D eigenvalue weighted by Crippen LogP contribution is 2.30. The topological polar surface area (TPSA) is 141 Å². The van der Waals surface area contributed by atoms with Crippen molar-refractivity contribution in [3.8, 4) is 0 Å². The maximum absolute atomic E-state index is 14.2. The van der Waals surface area contributed by atoms with Crippen molar-refractivity contribution in [2.24, 2.45) is 23.7 Å². The van der Waals surface area contributed by atoms with Crippen LogP contribution in [0.4, 0.5) is 0 Å². The van der Waals surface area contributed by atoms with E-state index in [0.717, 1.165) is 12.8 Å². The molecule has 2 rings (SSSR count).